The number of carbonyl (C=O) groups excluding carboxylic acids is 1. The van der Waals surface area contributed by atoms with Crippen molar-refractivity contribution in [1.82, 2.24) is 9.88 Å². The van der Waals surface area contributed by atoms with Crippen LogP contribution in [0.2, 0.25) is 0 Å². The van der Waals surface area contributed by atoms with E-state index >= 15 is 4.39 Å². The van der Waals surface area contributed by atoms with E-state index in [1.165, 1.54) is 23.4 Å². The van der Waals surface area contributed by atoms with Crippen molar-refractivity contribution in [2.75, 3.05) is 13.1 Å². The number of benzene rings is 1. The Morgan fingerprint density at radius 1 is 1.21 bits per heavy atom. The number of likely N-dealkylation sites (tertiary alicyclic amines) is 1. The number of aliphatic hydroxyl groups is 1. The van der Waals surface area contributed by atoms with Crippen LogP contribution in [-0.4, -0.2) is 56.5 Å². The Kier molecular flexibility index (Phi) is 6.39. The average Bonchev–Trinajstić information content (AvgIpc) is 2.74. The van der Waals surface area contributed by atoms with Gasteiger partial charge in [-0.3, -0.25) is 4.98 Å². The van der Waals surface area contributed by atoms with Crippen molar-refractivity contribution in [3.63, 3.8) is 0 Å². The van der Waals surface area contributed by atoms with E-state index in [1.54, 1.807) is 32.9 Å². The molecular formula is C24H31FN4O4. The molecule has 0 bridgehead atoms. The standard InChI is InChI=1S/C24H31FN4O4/c1-15(2)16-6-8-18(9-7-16)24(31,19-10-17(11-27-12-19)20(26)28-32)23(25)13-29(14-23)21(30)33-22(3,4)5/h6-12,15,31-32H,13-14H2,1-5H3,(H2,26,28). The third-order valence-corrected chi connectivity index (χ3v) is 5.74. The van der Waals surface area contributed by atoms with Gasteiger partial charge in [0.05, 0.1) is 13.1 Å². The second-order valence-corrected chi connectivity index (χ2v) is 9.74. The summed E-state index contributed by atoms with van der Waals surface area (Å²) in [6.07, 6.45) is 2.03. The zero-order chi connectivity index (χ0) is 24.6. The fourth-order valence-corrected chi connectivity index (χ4v) is 3.87. The molecule has 0 radical (unpaired) electrons. The number of pyridine rings is 1. The number of nitrogens with two attached hydrogens (primary N) is 1. The Morgan fingerprint density at radius 3 is 2.33 bits per heavy atom. The Balaban J connectivity index is 2.05. The Labute approximate surface area is 192 Å². The van der Waals surface area contributed by atoms with Gasteiger partial charge in [0.2, 0.25) is 0 Å². The number of ether oxygens (including phenoxy) is 1. The lowest BCUT2D eigenvalue weighted by molar-refractivity contribution is -0.155. The zero-order valence-corrected chi connectivity index (χ0v) is 19.5. The first kappa shape index (κ1) is 24.4. The summed E-state index contributed by atoms with van der Waals surface area (Å²) in [5.41, 5.74) is 2.25. The highest BCUT2D eigenvalue weighted by molar-refractivity contribution is 5.96. The van der Waals surface area contributed by atoms with Gasteiger partial charge in [0.15, 0.2) is 17.1 Å². The molecule has 0 spiro atoms. The van der Waals surface area contributed by atoms with Gasteiger partial charge in [-0.05, 0) is 43.9 Å². The van der Waals surface area contributed by atoms with E-state index in [4.69, 9.17) is 15.7 Å². The van der Waals surface area contributed by atoms with Gasteiger partial charge in [-0.25, -0.2) is 9.18 Å². The number of halogens is 1. The molecule has 4 N–H and O–H groups in total. The zero-order valence-electron chi connectivity index (χ0n) is 19.5. The number of aromatic nitrogens is 1. The van der Waals surface area contributed by atoms with Gasteiger partial charge in [0, 0.05) is 23.5 Å². The number of hydrogen-bond donors (Lipinski definition) is 3. The van der Waals surface area contributed by atoms with Crippen molar-refractivity contribution >= 4 is 11.9 Å². The highest BCUT2D eigenvalue weighted by Gasteiger charge is 2.62. The average molecular weight is 459 g/mol. The molecule has 1 aromatic heterocycles. The first-order chi connectivity index (χ1) is 15.3. The summed E-state index contributed by atoms with van der Waals surface area (Å²) >= 11 is 0. The predicted octanol–water partition coefficient (Wildman–Crippen LogP) is 3.49. The van der Waals surface area contributed by atoms with E-state index < -0.39 is 23.0 Å². The second kappa shape index (κ2) is 8.62. The quantitative estimate of drug-likeness (QED) is 0.273. The largest absolute Gasteiger partial charge is 0.444 e. The SMILES string of the molecule is CC(C)c1ccc(C(O)(c2cncc(C(N)=NO)c2)C2(F)CN(C(=O)OC(C)(C)C)C2)cc1. The lowest BCUT2D eigenvalue weighted by atomic mass is 9.70. The minimum atomic E-state index is -2.23. The van der Waals surface area contributed by atoms with Crippen LogP contribution in [0, 0.1) is 0 Å². The predicted molar refractivity (Wildman–Crippen MR) is 122 cm³/mol. The molecule has 9 heteroatoms. The molecule has 8 nitrogen and oxygen atoms in total. The second-order valence-electron chi connectivity index (χ2n) is 9.74. The van der Waals surface area contributed by atoms with Crippen LogP contribution in [0.3, 0.4) is 0 Å². The van der Waals surface area contributed by atoms with Gasteiger partial charge in [-0.1, -0.05) is 43.3 Å². The van der Waals surface area contributed by atoms with Crippen LogP contribution in [0.15, 0.2) is 47.9 Å². The summed E-state index contributed by atoms with van der Waals surface area (Å²) in [4.78, 5) is 17.7. The van der Waals surface area contributed by atoms with Crippen LogP contribution in [-0.2, 0) is 10.3 Å². The molecule has 178 valence electrons. The fourth-order valence-electron chi connectivity index (χ4n) is 3.87. The molecule has 1 aliphatic rings. The van der Waals surface area contributed by atoms with E-state index in [9.17, 15) is 9.90 Å². The third-order valence-electron chi connectivity index (χ3n) is 5.74. The fraction of sp³-hybridized carbons (Fsp3) is 0.458. The van der Waals surface area contributed by atoms with E-state index in [1.807, 2.05) is 26.0 Å². The van der Waals surface area contributed by atoms with Crippen molar-refractivity contribution < 1.29 is 24.2 Å². The smallest absolute Gasteiger partial charge is 0.410 e. The van der Waals surface area contributed by atoms with Crippen molar-refractivity contribution in [2.45, 2.75) is 57.4 Å². The summed E-state index contributed by atoms with van der Waals surface area (Å²) in [5.74, 6) is 0.0298. The third kappa shape index (κ3) is 4.64. The van der Waals surface area contributed by atoms with Crippen molar-refractivity contribution in [2.24, 2.45) is 10.9 Å². The lowest BCUT2D eigenvalue weighted by Crippen LogP contribution is -2.70. The Bertz CT molecular complexity index is 1040. The molecule has 1 atom stereocenters. The summed E-state index contributed by atoms with van der Waals surface area (Å²) in [6.45, 7) is 8.49. The van der Waals surface area contributed by atoms with Gasteiger partial charge in [0.1, 0.15) is 5.60 Å². The van der Waals surface area contributed by atoms with Crippen molar-refractivity contribution in [3.8, 4) is 0 Å². The van der Waals surface area contributed by atoms with E-state index in [2.05, 4.69) is 10.1 Å². The molecule has 1 fully saturated rings. The summed E-state index contributed by atoms with van der Waals surface area (Å²) in [7, 11) is 0. The van der Waals surface area contributed by atoms with Gasteiger partial charge >= 0.3 is 6.09 Å². The van der Waals surface area contributed by atoms with Crippen LogP contribution in [0.1, 0.15) is 62.8 Å². The molecule has 0 saturated carbocycles. The van der Waals surface area contributed by atoms with Crippen LogP contribution in [0.4, 0.5) is 9.18 Å². The normalized spacial score (nSPS) is 17.9. The molecule has 1 amide bonds. The maximum atomic E-state index is 16.4. The molecule has 0 aliphatic carbocycles. The number of carbonyl (C=O) groups is 1. The molecular weight excluding hydrogens is 427 g/mol. The molecule has 2 heterocycles. The van der Waals surface area contributed by atoms with E-state index in [0.717, 1.165) is 5.56 Å². The summed E-state index contributed by atoms with van der Waals surface area (Å²) < 4.78 is 21.7. The van der Waals surface area contributed by atoms with Crippen LogP contribution in [0.5, 0.6) is 0 Å². The van der Waals surface area contributed by atoms with Crippen LogP contribution in [0.25, 0.3) is 0 Å². The van der Waals surface area contributed by atoms with Gasteiger partial charge < -0.3 is 25.7 Å². The monoisotopic (exact) mass is 458 g/mol. The first-order valence-corrected chi connectivity index (χ1v) is 10.7. The Morgan fingerprint density at radius 2 is 1.82 bits per heavy atom. The number of amides is 1. The Hall–Kier alpha value is -3.20. The van der Waals surface area contributed by atoms with Crippen molar-refractivity contribution in [3.05, 3.63) is 65.0 Å². The number of amidine groups is 1. The summed E-state index contributed by atoms with van der Waals surface area (Å²) in [6, 6.07) is 8.43. The number of oxime groups is 1. The molecule has 1 aliphatic heterocycles. The molecule has 33 heavy (non-hydrogen) atoms. The van der Waals surface area contributed by atoms with Crippen LogP contribution < -0.4 is 5.73 Å². The van der Waals surface area contributed by atoms with Gasteiger partial charge in [-0.15, -0.1) is 0 Å². The summed E-state index contributed by atoms with van der Waals surface area (Å²) in [5, 5.41) is 23.9. The number of alkyl halides is 1. The van der Waals surface area contributed by atoms with Gasteiger partial charge in [-0.2, -0.15) is 0 Å². The van der Waals surface area contributed by atoms with E-state index in [-0.39, 0.29) is 36.0 Å². The molecule has 1 unspecified atom stereocenters. The first-order valence-electron chi connectivity index (χ1n) is 10.7. The maximum Gasteiger partial charge on any atom is 0.410 e. The highest BCUT2D eigenvalue weighted by atomic mass is 19.1. The lowest BCUT2D eigenvalue weighted by Gasteiger charge is -2.52. The number of hydrogen-bond acceptors (Lipinski definition) is 6. The van der Waals surface area contributed by atoms with Gasteiger partial charge in [0.25, 0.3) is 0 Å². The topological polar surface area (TPSA) is 121 Å². The number of nitrogens with zero attached hydrogens (tertiary/aromatic N) is 3. The van der Waals surface area contributed by atoms with Crippen molar-refractivity contribution in [1.29, 1.82) is 0 Å². The maximum absolute atomic E-state index is 16.4. The minimum Gasteiger partial charge on any atom is -0.444 e. The molecule has 1 aromatic carbocycles. The van der Waals surface area contributed by atoms with Crippen LogP contribution >= 0.6 is 0 Å². The number of rotatable bonds is 5. The molecule has 1 saturated heterocycles. The molecule has 2 aromatic rings. The minimum absolute atomic E-state index is 0.121. The molecule has 3 rings (SSSR count). The van der Waals surface area contributed by atoms with E-state index in [0.29, 0.717) is 5.56 Å². The highest BCUT2D eigenvalue weighted by Crippen LogP contribution is 2.47.